The zero-order chi connectivity index (χ0) is 21.3. The highest BCUT2D eigenvalue weighted by atomic mass is 19.1. The summed E-state index contributed by atoms with van der Waals surface area (Å²) >= 11 is 0. The SMILES string of the molecule is Cc1cc(F)cc(Cc2n[nH]c3cc(O)c(C(=O)N(C)Cc4ccccc4)cc23)c1. The van der Waals surface area contributed by atoms with Gasteiger partial charge in [0.25, 0.3) is 5.91 Å². The summed E-state index contributed by atoms with van der Waals surface area (Å²) < 4.78 is 13.7. The highest BCUT2D eigenvalue weighted by Gasteiger charge is 2.19. The van der Waals surface area contributed by atoms with E-state index in [0.717, 1.165) is 22.1 Å². The van der Waals surface area contributed by atoms with E-state index in [1.165, 1.54) is 18.2 Å². The number of carbonyl (C=O) groups is 1. The Balaban J connectivity index is 1.65. The maximum atomic E-state index is 13.7. The molecule has 0 saturated carbocycles. The van der Waals surface area contributed by atoms with Gasteiger partial charge < -0.3 is 10.0 Å². The molecule has 30 heavy (non-hydrogen) atoms. The fraction of sp³-hybridized carbons (Fsp3) is 0.167. The Morgan fingerprint density at radius 2 is 1.87 bits per heavy atom. The summed E-state index contributed by atoms with van der Waals surface area (Å²) in [4.78, 5) is 14.5. The standard InChI is InChI=1S/C24H22FN3O2/c1-15-8-17(10-18(25)9-15)11-21-19-12-20(23(29)13-22(19)27-26-21)24(30)28(2)14-16-6-4-3-5-7-16/h3-10,12-13,29H,11,14H2,1-2H3,(H,26,27). The molecule has 0 unspecified atom stereocenters. The van der Waals surface area contributed by atoms with Crippen LogP contribution in [0.2, 0.25) is 0 Å². The Kier molecular flexibility index (Phi) is 5.23. The summed E-state index contributed by atoms with van der Waals surface area (Å²) in [5.74, 6) is -0.683. The zero-order valence-corrected chi connectivity index (χ0v) is 16.8. The number of aromatic hydroxyl groups is 1. The van der Waals surface area contributed by atoms with E-state index < -0.39 is 0 Å². The molecule has 0 aliphatic heterocycles. The molecule has 0 bridgehead atoms. The summed E-state index contributed by atoms with van der Waals surface area (Å²) in [6.07, 6.45) is 0.414. The Morgan fingerprint density at radius 3 is 2.60 bits per heavy atom. The Labute approximate surface area is 173 Å². The summed E-state index contributed by atoms with van der Waals surface area (Å²) in [7, 11) is 1.70. The number of aromatic nitrogens is 2. The van der Waals surface area contributed by atoms with Crippen LogP contribution in [0.1, 0.15) is 32.7 Å². The predicted octanol–water partition coefficient (Wildman–Crippen LogP) is 4.58. The Hall–Kier alpha value is -3.67. The average Bonchev–Trinajstić information content (AvgIpc) is 3.08. The Morgan fingerprint density at radius 1 is 1.10 bits per heavy atom. The molecule has 0 radical (unpaired) electrons. The second-order valence-corrected chi connectivity index (χ2v) is 7.55. The number of benzene rings is 3. The van der Waals surface area contributed by atoms with E-state index in [1.807, 2.05) is 43.3 Å². The molecule has 0 spiro atoms. The van der Waals surface area contributed by atoms with Crippen LogP contribution in [0.4, 0.5) is 4.39 Å². The van der Waals surface area contributed by atoms with Gasteiger partial charge in [0.2, 0.25) is 0 Å². The number of carbonyl (C=O) groups excluding carboxylic acids is 1. The molecule has 2 N–H and O–H groups in total. The average molecular weight is 403 g/mol. The topological polar surface area (TPSA) is 69.2 Å². The normalized spacial score (nSPS) is 11.0. The molecule has 1 aromatic heterocycles. The first-order chi connectivity index (χ1) is 14.4. The third-order valence-electron chi connectivity index (χ3n) is 5.07. The van der Waals surface area contributed by atoms with E-state index >= 15 is 0 Å². The lowest BCUT2D eigenvalue weighted by molar-refractivity contribution is 0.0782. The number of halogens is 1. The lowest BCUT2D eigenvalue weighted by Gasteiger charge is -2.18. The fourth-order valence-corrected chi connectivity index (χ4v) is 3.66. The molecule has 5 nitrogen and oxygen atoms in total. The van der Waals surface area contributed by atoms with Gasteiger partial charge in [-0.2, -0.15) is 5.10 Å². The molecule has 152 valence electrons. The molecule has 0 fully saturated rings. The maximum absolute atomic E-state index is 13.7. The first-order valence-electron chi connectivity index (χ1n) is 9.66. The Bertz CT molecular complexity index is 1200. The third kappa shape index (κ3) is 4.03. The lowest BCUT2D eigenvalue weighted by atomic mass is 10.0. The van der Waals surface area contributed by atoms with Crippen molar-refractivity contribution in [3.8, 4) is 5.75 Å². The maximum Gasteiger partial charge on any atom is 0.257 e. The number of rotatable bonds is 5. The van der Waals surface area contributed by atoms with Gasteiger partial charge in [0.05, 0.1) is 16.8 Å². The number of phenolic OH excluding ortho intramolecular Hbond substituents is 1. The minimum atomic E-state index is -0.291. The number of hydrogen-bond acceptors (Lipinski definition) is 3. The zero-order valence-electron chi connectivity index (χ0n) is 16.8. The molecule has 0 aliphatic rings. The minimum absolute atomic E-state index is 0.107. The molecule has 0 atom stereocenters. The van der Waals surface area contributed by atoms with Crippen LogP contribution in [-0.2, 0) is 13.0 Å². The molecule has 4 aromatic rings. The van der Waals surface area contributed by atoms with Gasteiger partial charge in [0.15, 0.2) is 0 Å². The first kappa shape index (κ1) is 19.6. The number of H-pyrrole nitrogens is 1. The van der Waals surface area contributed by atoms with E-state index in [0.29, 0.717) is 24.2 Å². The van der Waals surface area contributed by atoms with Crippen LogP contribution in [-0.4, -0.2) is 33.2 Å². The van der Waals surface area contributed by atoms with Crippen LogP contribution in [0.5, 0.6) is 5.75 Å². The van der Waals surface area contributed by atoms with Crippen molar-refractivity contribution in [3.63, 3.8) is 0 Å². The van der Waals surface area contributed by atoms with Gasteiger partial charge in [0, 0.05) is 31.5 Å². The minimum Gasteiger partial charge on any atom is -0.507 e. The summed E-state index contributed by atoms with van der Waals surface area (Å²) in [5.41, 5.74) is 4.15. The predicted molar refractivity (Wildman–Crippen MR) is 114 cm³/mol. The highest BCUT2D eigenvalue weighted by molar-refractivity contribution is 6.01. The van der Waals surface area contributed by atoms with Crippen LogP contribution in [0.15, 0.2) is 60.7 Å². The van der Waals surface area contributed by atoms with E-state index in [2.05, 4.69) is 10.2 Å². The summed E-state index contributed by atoms with van der Waals surface area (Å²) in [6, 6.07) is 17.7. The van der Waals surface area contributed by atoms with Crippen LogP contribution < -0.4 is 0 Å². The van der Waals surface area contributed by atoms with Crippen molar-refractivity contribution in [2.24, 2.45) is 0 Å². The van der Waals surface area contributed by atoms with E-state index in [9.17, 15) is 14.3 Å². The number of fused-ring (bicyclic) bond motifs is 1. The summed E-state index contributed by atoms with van der Waals surface area (Å²) in [6.45, 7) is 2.27. The number of phenols is 1. The number of amides is 1. The second-order valence-electron chi connectivity index (χ2n) is 7.55. The summed E-state index contributed by atoms with van der Waals surface area (Å²) in [5, 5.41) is 18.4. The fourth-order valence-electron chi connectivity index (χ4n) is 3.66. The van der Waals surface area contributed by atoms with Crippen LogP contribution in [0, 0.1) is 12.7 Å². The van der Waals surface area contributed by atoms with Gasteiger partial charge in [-0.3, -0.25) is 9.89 Å². The number of aryl methyl sites for hydroxylation is 1. The smallest absolute Gasteiger partial charge is 0.257 e. The lowest BCUT2D eigenvalue weighted by Crippen LogP contribution is -2.26. The van der Waals surface area contributed by atoms with Crippen molar-refractivity contribution >= 4 is 16.8 Å². The van der Waals surface area contributed by atoms with Crippen molar-refractivity contribution < 1.29 is 14.3 Å². The van der Waals surface area contributed by atoms with Crippen molar-refractivity contribution in [1.29, 1.82) is 0 Å². The molecule has 4 rings (SSSR count). The molecule has 1 amide bonds. The van der Waals surface area contributed by atoms with E-state index in [-0.39, 0.29) is 23.0 Å². The number of nitrogens with zero attached hydrogens (tertiary/aromatic N) is 2. The van der Waals surface area contributed by atoms with E-state index in [4.69, 9.17) is 0 Å². The number of hydrogen-bond donors (Lipinski definition) is 2. The van der Waals surface area contributed by atoms with Gasteiger partial charge in [0.1, 0.15) is 11.6 Å². The van der Waals surface area contributed by atoms with Crippen molar-refractivity contribution in [3.05, 3.63) is 94.4 Å². The van der Waals surface area contributed by atoms with Gasteiger partial charge in [-0.05, 0) is 41.8 Å². The van der Waals surface area contributed by atoms with Gasteiger partial charge in [-0.1, -0.05) is 36.4 Å². The molecule has 0 saturated heterocycles. The quantitative estimate of drug-likeness (QED) is 0.513. The van der Waals surface area contributed by atoms with Gasteiger partial charge >= 0.3 is 0 Å². The van der Waals surface area contributed by atoms with Crippen LogP contribution in [0.25, 0.3) is 10.9 Å². The number of nitrogens with one attached hydrogen (secondary N) is 1. The molecule has 3 aromatic carbocycles. The molecular formula is C24H22FN3O2. The van der Waals surface area contributed by atoms with Gasteiger partial charge in [-0.15, -0.1) is 0 Å². The molecule has 6 heteroatoms. The van der Waals surface area contributed by atoms with Gasteiger partial charge in [-0.25, -0.2) is 4.39 Å². The van der Waals surface area contributed by atoms with Crippen molar-refractivity contribution in [2.75, 3.05) is 7.05 Å². The van der Waals surface area contributed by atoms with Crippen molar-refractivity contribution in [2.45, 2.75) is 19.9 Å². The number of aromatic amines is 1. The largest absolute Gasteiger partial charge is 0.507 e. The molecule has 1 heterocycles. The first-order valence-corrected chi connectivity index (χ1v) is 9.66. The van der Waals surface area contributed by atoms with Crippen LogP contribution in [0.3, 0.4) is 0 Å². The van der Waals surface area contributed by atoms with E-state index in [1.54, 1.807) is 18.0 Å². The molecular weight excluding hydrogens is 381 g/mol. The highest BCUT2D eigenvalue weighted by Crippen LogP contribution is 2.28. The van der Waals surface area contributed by atoms with Crippen LogP contribution >= 0.6 is 0 Å². The molecule has 0 aliphatic carbocycles. The third-order valence-corrected chi connectivity index (χ3v) is 5.07. The van der Waals surface area contributed by atoms with Crippen molar-refractivity contribution in [1.82, 2.24) is 15.1 Å². The second kappa shape index (κ2) is 7.99. The monoisotopic (exact) mass is 403 g/mol.